The van der Waals surface area contributed by atoms with E-state index in [9.17, 15) is 0 Å². The predicted octanol–water partition coefficient (Wildman–Crippen LogP) is 3.73. The van der Waals surface area contributed by atoms with E-state index >= 15 is 0 Å². The van der Waals surface area contributed by atoms with Gasteiger partial charge in [0.25, 0.3) is 0 Å². The molecule has 1 aromatic rings. The van der Waals surface area contributed by atoms with E-state index in [4.69, 9.17) is 28.1 Å². The van der Waals surface area contributed by atoms with Gasteiger partial charge in [-0.1, -0.05) is 29.8 Å². The monoisotopic (exact) mass is 250 g/mol. The summed E-state index contributed by atoms with van der Waals surface area (Å²) < 4.78 is 0. The lowest BCUT2D eigenvalue weighted by atomic mass is 10.4. The van der Waals surface area contributed by atoms with Gasteiger partial charge in [-0.05, 0) is 24.7 Å². The second-order valence-corrected chi connectivity index (χ2v) is 5.97. The molecule has 1 N–H and O–H groups in total. The minimum absolute atomic E-state index is 0.274. The van der Waals surface area contributed by atoms with Crippen LogP contribution in [0.4, 0.5) is 0 Å². The van der Waals surface area contributed by atoms with Crippen molar-refractivity contribution in [3.63, 3.8) is 0 Å². The fourth-order valence-corrected chi connectivity index (χ4v) is 3.43. The Morgan fingerprint density at radius 2 is 1.93 bits per heavy atom. The summed E-state index contributed by atoms with van der Waals surface area (Å²) in [5.74, 6) is 0. The van der Waals surface area contributed by atoms with Crippen molar-refractivity contribution in [2.75, 3.05) is 12.3 Å². The van der Waals surface area contributed by atoms with E-state index in [1.54, 1.807) is 0 Å². The van der Waals surface area contributed by atoms with Crippen LogP contribution in [-0.4, -0.2) is 22.6 Å². The highest BCUT2D eigenvalue weighted by atomic mass is 35.5. The van der Waals surface area contributed by atoms with Gasteiger partial charge < -0.3 is 4.89 Å². The molecule has 1 nitrogen and oxygen atoms in total. The van der Waals surface area contributed by atoms with Gasteiger partial charge in [0.05, 0.1) is 0 Å². The zero-order chi connectivity index (χ0) is 10.4. The van der Waals surface area contributed by atoms with Gasteiger partial charge in [0.15, 0.2) is 0 Å². The summed E-state index contributed by atoms with van der Waals surface area (Å²) in [7, 11) is -0.636. The van der Waals surface area contributed by atoms with E-state index in [1.165, 1.54) is 0 Å². The molecule has 1 fully saturated rings. The molecule has 1 aliphatic rings. The van der Waals surface area contributed by atoms with Gasteiger partial charge in [0.2, 0.25) is 0 Å². The van der Waals surface area contributed by atoms with Crippen LogP contribution in [0.15, 0.2) is 30.3 Å². The molecule has 0 aliphatic carbocycles. The first-order valence-corrected chi connectivity index (χ1v) is 6.95. The Hall–Kier alpha value is 0.190. The van der Waals surface area contributed by atoms with Crippen molar-refractivity contribution in [1.29, 1.82) is 0 Å². The third kappa shape index (κ3) is 5.17. The Kier molecular flexibility index (Phi) is 5.81. The van der Waals surface area contributed by atoms with E-state index in [1.807, 2.05) is 30.3 Å². The maximum atomic E-state index is 8.88. The van der Waals surface area contributed by atoms with Crippen LogP contribution < -0.4 is 0 Å². The zero-order valence-electron chi connectivity index (χ0n) is 7.74. The third-order valence-corrected chi connectivity index (χ3v) is 4.32. The van der Waals surface area contributed by atoms with Gasteiger partial charge in [-0.15, -0.1) is 11.6 Å². The van der Waals surface area contributed by atoms with E-state index < -0.39 is 8.15 Å². The van der Waals surface area contributed by atoms with Crippen molar-refractivity contribution in [1.82, 2.24) is 0 Å². The lowest BCUT2D eigenvalue weighted by molar-refractivity contribution is 0.630. The second kappa shape index (κ2) is 6.63. The van der Waals surface area contributed by atoms with Crippen LogP contribution in [0.2, 0.25) is 5.02 Å². The standard InChI is InChI=1S/C6H5Cl.C4H8ClOP/c7-6-4-2-1-3-5-6;5-4-1-2-7(6)3-4/h1-5H;4,6H,1-3H2. The molecular formula is C10H13Cl2OP. The molecule has 4 heteroatoms. The number of hydrogen-bond acceptors (Lipinski definition) is 1. The summed E-state index contributed by atoms with van der Waals surface area (Å²) in [6, 6.07) is 9.44. The fraction of sp³-hybridized carbons (Fsp3) is 0.400. The van der Waals surface area contributed by atoms with Gasteiger partial charge in [0.1, 0.15) is 0 Å². The second-order valence-electron chi connectivity index (χ2n) is 3.09. The van der Waals surface area contributed by atoms with Crippen molar-refractivity contribution in [2.24, 2.45) is 0 Å². The molecular weight excluding hydrogens is 238 g/mol. The molecule has 78 valence electrons. The molecule has 2 unspecified atom stereocenters. The minimum atomic E-state index is -0.636. The Morgan fingerprint density at radius 1 is 1.29 bits per heavy atom. The van der Waals surface area contributed by atoms with E-state index in [0.717, 1.165) is 23.8 Å². The van der Waals surface area contributed by atoms with Crippen molar-refractivity contribution < 1.29 is 4.89 Å². The van der Waals surface area contributed by atoms with Crippen molar-refractivity contribution in [2.45, 2.75) is 11.8 Å². The highest BCUT2D eigenvalue weighted by molar-refractivity contribution is 7.52. The van der Waals surface area contributed by atoms with Crippen LogP contribution in [0.3, 0.4) is 0 Å². The average Bonchev–Trinajstić information content (AvgIpc) is 2.52. The predicted molar refractivity (Wildman–Crippen MR) is 64.6 cm³/mol. The summed E-state index contributed by atoms with van der Waals surface area (Å²) in [5.41, 5.74) is 0. The van der Waals surface area contributed by atoms with Gasteiger partial charge in [-0.3, -0.25) is 0 Å². The molecule has 0 aromatic heterocycles. The van der Waals surface area contributed by atoms with Gasteiger partial charge in [-0.25, -0.2) is 0 Å². The first-order chi connectivity index (χ1) is 6.68. The first kappa shape index (κ1) is 12.3. The summed E-state index contributed by atoms with van der Waals surface area (Å²) in [6.45, 7) is 0. The number of hydrogen-bond donors (Lipinski definition) is 1. The zero-order valence-corrected chi connectivity index (χ0v) is 10.1. The van der Waals surface area contributed by atoms with Crippen LogP contribution >= 0.6 is 31.4 Å². The quantitative estimate of drug-likeness (QED) is 0.550. The molecule has 0 spiro atoms. The maximum absolute atomic E-state index is 8.88. The van der Waals surface area contributed by atoms with E-state index in [0.29, 0.717) is 0 Å². The Labute approximate surface area is 95.9 Å². The number of halogens is 2. The topological polar surface area (TPSA) is 20.2 Å². The summed E-state index contributed by atoms with van der Waals surface area (Å²) in [5, 5.41) is 1.07. The lowest BCUT2D eigenvalue weighted by Gasteiger charge is -1.94. The fourth-order valence-electron chi connectivity index (χ4n) is 1.12. The minimum Gasteiger partial charge on any atom is -0.374 e. The van der Waals surface area contributed by atoms with Crippen LogP contribution in [0.5, 0.6) is 0 Å². The normalized spacial score (nSPS) is 25.4. The molecule has 1 heterocycles. The van der Waals surface area contributed by atoms with Crippen LogP contribution in [-0.2, 0) is 0 Å². The number of alkyl halides is 1. The molecule has 0 saturated carbocycles. The molecule has 1 saturated heterocycles. The molecule has 0 bridgehead atoms. The molecule has 2 rings (SSSR count). The Bertz CT molecular complexity index is 248. The number of rotatable bonds is 0. The smallest absolute Gasteiger partial charge is 0.0405 e. The van der Waals surface area contributed by atoms with Gasteiger partial charge in [-0.2, -0.15) is 0 Å². The largest absolute Gasteiger partial charge is 0.374 e. The molecule has 1 aliphatic heterocycles. The SMILES string of the molecule is Clc1ccccc1.OP1CCC(Cl)C1. The van der Waals surface area contributed by atoms with Crippen molar-refractivity contribution in [3.05, 3.63) is 35.4 Å². The average molecular weight is 251 g/mol. The molecule has 0 amide bonds. The van der Waals surface area contributed by atoms with Crippen LogP contribution in [0, 0.1) is 0 Å². The Morgan fingerprint density at radius 3 is 2.14 bits per heavy atom. The van der Waals surface area contributed by atoms with E-state index in [-0.39, 0.29) is 5.38 Å². The lowest BCUT2D eigenvalue weighted by Crippen LogP contribution is -1.91. The Balaban J connectivity index is 0.000000140. The molecule has 1 aromatic carbocycles. The molecule has 2 atom stereocenters. The van der Waals surface area contributed by atoms with Gasteiger partial charge >= 0.3 is 0 Å². The van der Waals surface area contributed by atoms with Gasteiger partial charge in [0, 0.05) is 24.7 Å². The highest BCUT2D eigenvalue weighted by Crippen LogP contribution is 2.40. The van der Waals surface area contributed by atoms with Crippen molar-refractivity contribution in [3.8, 4) is 0 Å². The maximum Gasteiger partial charge on any atom is 0.0405 e. The van der Waals surface area contributed by atoms with Crippen molar-refractivity contribution >= 4 is 31.4 Å². The number of benzene rings is 1. The third-order valence-electron chi connectivity index (χ3n) is 1.84. The summed E-state index contributed by atoms with van der Waals surface area (Å²) in [6.07, 6.45) is 2.84. The molecule has 0 radical (unpaired) electrons. The highest BCUT2D eigenvalue weighted by Gasteiger charge is 2.19. The summed E-state index contributed by atoms with van der Waals surface area (Å²) >= 11 is 11.2. The summed E-state index contributed by atoms with van der Waals surface area (Å²) in [4.78, 5) is 8.88. The van der Waals surface area contributed by atoms with E-state index in [2.05, 4.69) is 0 Å². The molecule has 14 heavy (non-hydrogen) atoms. The van der Waals surface area contributed by atoms with Crippen LogP contribution in [0.1, 0.15) is 6.42 Å². The first-order valence-electron chi connectivity index (χ1n) is 4.47. The van der Waals surface area contributed by atoms with Crippen LogP contribution in [0.25, 0.3) is 0 Å².